The van der Waals surface area contributed by atoms with Crippen LogP contribution < -0.4 is 24.8 Å². The SMILES string of the molecule is CCNC(=NCCOc1ccc2c(c1)OCO2)NC1CCC(O)CC1.I. The summed E-state index contributed by atoms with van der Waals surface area (Å²) in [5, 5.41) is 16.3. The van der Waals surface area contributed by atoms with Gasteiger partial charge in [-0.15, -0.1) is 24.0 Å². The van der Waals surface area contributed by atoms with Gasteiger partial charge in [-0.3, -0.25) is 0 Å². The Morgan fingerprint density at radius 1 is 1.23 bits per heavy atom. The highest BCUT2D eigenvalue weighted by Gasteiger charge is 2.20. The van der Waals surface area contributed by atoms with E-state index in [2.05, 4.69) is 15.6 Å². The Balaban J connectivity index is 0.00000243. The van der Waals surface area contributed by atoms with Crippen LogP contribution in [0.5, 0.6) is 17.2 Å². The lowest BCUT2D eigenvalue weighted by molar-refractivity contribution is 0.120. The van der Waals surface area contributed by atoms with Crippen LogP contribution in [0.25, 0.3) is 0 Å². The van der Waals surface area contributed by atoms with Gasteiger partial charge < -0.3 is 30.0 Å². The summed E-state index contributed by atoms with van der Waals surface area (Å²) in [5.41, 5.74) is 0. The van der Waals surface area contributed by atoms with Crippen molar-refractivity contribution < 1.29 is 19.3 Å². The Morgan fingerprint density at radius 3 is 2.77 bits per heavy atom. The average molecular weight is 477 g/mol. The van der Waals surface area contributed by atoms with Gasteiger partial charge in [-0.1, -0.05) is 0 Å². The number of aliphatic hydroxyl groups excluding tert-OH is 1. The van der Waals surface area contributed by atoms with Gasteiger partial charge in [0.25, 0.3) is 0 Å². The molecule has 0 bridgehead atoms. The molecule has 146 valence electrons. The monoisotopic (exact) mass is 477 g/mol. The lowest BCUT2D eigenvalue weighted by Crippen LogP contribution is -2.45. The van der Waals surface area contributed by atoms with Crippen molar-refractivity contribution in [3.63, 3.8) is 0 Å². The highest BCUT2D eigenvalue weighted by molar-refractivity contribution is 14.0. The fourth-order valence-electron chi connectivity index (χ4n) is 3.02. The molecule has 1 aliphatic heterocycles. The number of guanidine groups is 1. The van der Waals surface area contributed by atoms with Crippen molar-refractivity contribution in [2.45, 2.75) is 44.8 Å². The van der Waals surface area contributed by atoms with Crippen molar-refractivity contribution in [1.29, 1.82) is 0 Å². The summed E-state index contributed by atoms with van der Waals surface area (Å²) in [6.45, 7) is 4.16. The molecule has 1 aliphatic carbocycles. The van der Waals surface area contributed by atoms with Crippen LogP contribution in [0.3, 0.4) is 0 Å². The Labute approximate surface area is 171 Å². The first-order valence-corrected chi connectivity index (χ1v) is 9.00. The smallest absolute Gasteiger partial charge is 0.231 e. The van der Waals surface area contributed by atoms with Gasteiger partial charge >= 0.3 is 0 Å². The van der Waals surface area contributed by atoms with E-state index in [0.29, 0.717) is 19.2 Å². The van der Waals surface area contributed by atoms with Crippen LogP contribution >= 0.6 is 24.0 Å². The molecule has 1 aromatic carbocycles. The zero-order valence-corrected chi connectivity index (χ0v) is 17.4. The van der Waals surface area contributed by atoms with Crippen LogP contribution in [0.15, 0.2) is 23.2 Å². The number of aliphatic imine (C=N–C) groups is 1. The maximum Gasteiger partial charge on any atom is 0.231 e. The second-order valence-electron chi connectivity index (χ2n) is 6.27. The Bertz CT molecular complexity index is 592. The molecular formula is C18H28IN3O4. The fourth-order valence-corrected chi connectivity index (χ4v) is 3.02. The number of nitrogens with zero attached hydrogens (tertiary/aromatic N) is 1. The molecule has 1 fully saturated rings. The van der Waals surface area contributed by atoms with Crippen LogP contribution in [0.2, 0.25) is 0 Å². The molecule has 26 heavy (non-hydrogen) atoms. The maximum atomic E-state index is 9.60. The van der Waals surface area contributed by atoms with Crippen LogP contribution in [-0.2, 0) is 0 Å². The van der Waals surface area contributed by atoms with Crippen molar-refractivity contribution >= 4 is 29.9 Å². The summed E-state index contributed by atoms with van der Waals surface area (Å²) in [4.78, 5) is 4.57. The van der Waals surface area contributed by atoms with E-state index in [1.165, 1.54) is 0 Å². The maximum absolute atomic E-state index is 9.60. The van der Waals surface area contributed by atoms with Crippen molar-refractivity contribution in [3.8, 4) is 17.2 Å². The number of ether oxygens (including phenoxy) is 3. The van der Waals surface area contributed by atoms with E-state index >= 15 is 0 Å². The molecule has 0 unspecified atom stereocenters. The number of rotatable bonds is 6. The number of halogens is 1. The summed E-state index contributed by atoms with van der Waals surface area (Å²) in [6, 6.07) is 5.93. The molecule has 8 heteroatoms. The molecule has 3 N–H and O–H groups in total. The number of nitrogens with one attached hydrogen (secondary N) is 2. The molecule has 1 saturated carbocycles. The minimum Gasteiger partial charge on any atom is -0.492 e. The fraction of sp³-hybridized carbons (Fsp3) is 0.611. The Morgan fingerprint density at radius 2 is 2.00 bits per heavy atom. The summed E-state index contributed by atoms with van der Waals surface area (Å²) < 4.78 is 16.4. The van der Waals surface area contributed by atoms with Crippen LogP contribution in [0.1, 0.15) is 32.6 Å². The van der Waals surface area contributed by atoms with E-state index in [0.717, 1.165) is 55.4 Å². The van der Waals surface area contributed by atoms with Crippen LogP contribution in [-0.4, -0.2) is 49.7 Å². The largest absolute Gasteiger partial charge is 0.492 e. The average Bonchev–Trinajstić information content (AvgIpc) is 3.08. The topological polar surface area (TPSA) is 84.3 Å². The summed E-state index contributed by atoms with van der Waals surface area (Å²) >= 11 is 0. The molecule has 0 spiro atoms. The lowest BCUT2D eigenvalue weighted by atomic mass is 9.93. The van der Waals surface area contributed by atoms with Crippen molar-refractivity contribution in [2.75, 3.05) is 26.5 Å². The van der Waals surface area contributed by atoms with E-state index in [1.807, 2.05) is 25.1 Å². The molecular weight excluding hydrogens is 449 g/mol. The molecule has 2 aliphatic rings. The van der Waals surface area contributed by atoms with Gasteiger partial charge in [-0.25, -0.2) is 4.99 Å². The molecule has 0 saturated heterocycles. The second-order valence-corrected chi connectivity index (χ2v) is 6.27. The van der Waals surface area contributed by atoms with Gasteiger partial charge in [0.05, 0.1) is 12.6 Å². The minimum absolute atomic E-state index is 0. The Hall–Kier alpha value is -1.42. The molecule has 0 radical (unpaired) electrons. The zero-order chi connectivity index (χ0) is 17.5. The Kier molecular flexibility index (Phi) is 8.56. The zero-order valence-electron chi connectivity index (χ0n) is 15.1. The van der Waals surface area contributed by atoms with Crippen molar-refractivity contribution in [2.24, 2.45) is 4.99 Å². The van der Waals surface area contributed by atoms with Gasteiger partial charge in [-0.2, -0.15) is 0 Å². The standard InChI is InChI=1S/C18H27N3O4.HI/c1-2-19-18(21-13-3-5-14(22)6-4-13)20-9-10-23-15-7-8-16-17(11-15)25-12-24-16;/h7-8,11,13-14,22H,2-6,9-10,12H2,1H3,(H2,19,20,21);1H. The van der Waals surface area contributed by atoms with E-state index in [4.69, 9.17) is 14.2 Å². The minimum atomic E-state index is -0.146. The molecule has 0 atom stereocenters. The van der Waals surface area contributed by atoms with Gasteiger partial charge in [0.15, 0.2) is 17.5 Å². The van der Waals surface area contributed by atoms with E-state index in [1.54, 1.807) is 0 Å². The first kappa shape index (κ1) is 20.9. The first-order chi connectivity index (χ1) is 12.2. The van der Waals surface area contributed by atoms with Crippen molar-refractivity contribution in [3.05, 3.63) is 18.2 Å². The molecule has 0 aromatic heterocycles. The third kappa shape index (κ3) is 6.08. The van der Waals surface area contributed by atoms with E-state index < -0.39 is 0 Å². The number of hydrogen-bond acceptors (Lipinski definition) is 5. The van der Waals surface area contributed by atoms with Gasteiger partial charge in [0.2, 0.25) is 6.79 Å². The highest BCUT2D eigenvalue weighted by atomic mass is 127. The van der Waals surface area contributed by atoms with Crippen LogP contribution in [0, 0.1) is 0 Å². The first-order valence-electron chi connectivity index (χ1n) is 9.00. The second kappa shape index (κ2) is 10.7. The number of hydrogen-bond donors (Lipinski definition) is 3. The number of fused-ring (bicyclic) bond motifs is 1. The molecule has 3 rings (SSSR count). The normalized spacial score (nSPS) is 21.7. The van der Waals surface area contributed by atoms with Gasteiger partial charge in [0, 0.05) is 18.7 Å². The predicted molar refractivity (Wildman–Crippen MR) is 111 cm³/mol. The molecule has 7 nitrogen and oxygen atoms in total. The van der Waals surface area contributed by atoms with E-state index in [-0.39, 0.29) is 36.9 Å². The number of benzene rings is 1. The summed E-state index contributed by atoms with van der Waals surface area (Å²) in [7, 11) is 0. The number of aliphatic hydroxyl groups is 1. The van der Waals surface area contributed by atoms with Crippen molar-refractivity contribution in [1.82, 2.24) is 10.6 Å². The molecule has 1 aromatic rings. The molecule has 1 heterocycles. The highest BCUT2D eigenvalue weighted by Crippen LogP contribution is 2.34. The summed E-state index contributed by atoms with van der Waals surface area (Å²) in [5.74, 6) is 3.02. The quantitative estimate of drug-likeness (QED) is 0.253. The lowest BCUT2D eigenvalue weighted by Gasteiger charge is -2.27. The molecule has 0 amide bonds. The van der Waals surface area contributed by atoms with Gasteiger partial charge in [-0.05, 0) is 44.7 Å². The third-order valence-electron chi connectivity index (χ3n) is 4.36. The third-order valence-corrected chi connectivity index (χ3v) is 4.36. The van der Waals surface area contributed by atoms with E-state index in [9.17, 15) is 5.11 Å². The summed E-state index contributed by atoms with van der Waals surface area (Å²) in [6.07, 6.45) is 3.50. The van der Waals surface area contributed by atoms with Crippen LogP contribution in [0.4, 0.5) is 0 Å². The van der Waals surface area contributed by atoms with Gasteiger partial charge in [0.1, 0.15) is 12.4 Å². The predicted octanol–water partition coefficient (Wildman–Crippen LogP) is 2.27.